The van der Waals surface area contributed by atoms with Crippen molar-refractivity contribution >= 4 is 51.1 Å². The molecule has 0 aliphatic heterocycles. The van der Waals surface area contributed by atoms with Crippen molar-refractivity contribution < 1.29 is 14.3 Å². The van der Waals surface area contributed by atoms with Crippen LogP contribution in [0.5, 0.6) is 5.75 Å². The van der Waals surface area contributed by atoms with Gasteiger partial charge in [0, 0.05) is 21.2 Å². The van der Waals surface area contributed by atoms with Gasteiger partial charge >= 0.3 is 5.97 Å². The maximum Gasteiger partial charge on any atom is 0.355 e. The Balaban J connectivity index is 1.49. The molecule has 1 N–H and O–H groups in total. The van der Waals surface area contributed by atoms with E-state index in [0.717, 1.165) is 15.6 Å². The van der Waals surface area contributed by atoms with Crippen molar-refractivity contribution in [1.82, 2.24) is 5.43 Å². The lowest BCUT2D eigenvalue weighted by molar-refractivity contribution is 0.0739. The summed E-state index contributed by atoms with van der Waals surface area (Å²) in [5.74, 6) is -0.562. The van der Waals surface area contributed by atoms with Crippen molar-refractivity contribution in [1.29, 1.82) is 0 Å². The van der Waals surface area contributed by atoms with Gasteiger partial charge < -0.3 is 4.74 Å². The first-order valence-corrected chi connectivity index (χ1v) is 10.6. The van der Waals surface area contributed by atoms with Gasteiger partial charge in [-0.25, -0.2) is 10.2 Å². The van der Waals surface area contributed by atoms with Crippen molar-refractivity contribution in [2.24, 2.45) is 5.10 Å². The molecule has 0 aliphatic rings. The molecule has 1 aromatic heterocycles. The second-order valence-corrected chi connectivity index (χ2v) is 8.16. The summed E-state index contributed by atoms with van der Waals surface area (Å²) in [6.45, 7) is 1.95. The largest absolute Gasteiger partial charge is 0.422 e. The zero-order valence-corrected chi connectivity index (χ0v) is 18.0. The standard InChI is InChI=1S/C24H17ClN2O3S/c1-15-10-12-16(13-11-15)23(28)27-26-14-17-6-2-4-8-19(17)30-24(29)22-21(25)18-7-3-5-9-20(18)31-22/h2-14H,1H3,(H,27,28)/b26-14-. The molecule has 3 aromatic carbocycles. The number of rotatable bonds is 5. The van der Waals surface area contributed by atoms with Crippen molar-refractivity contribution in [3.8, 4) is 5.75 Å². The number of para-hydroxylation sites is 1. The highest BCUT2D eigenvalue weighted by molar-refractivity contribution is 7.21. The van der Waals surface area contributed by atoms with Gasteiger partial charge in [0.2, 0.25) is 0 Å². The van der Waals surface area contributed by atoms with E-state index in [0.29, 0.717) is 26.8 Å². The minimum absolute atomic E-state index is 0.314. The van der Waals surface area contributed by atoms with E-state index in [4.69, 9.17) is 16.3 Å². The van der Waals surface area contributed by atoms with Gasteiger partial charge in [0.1, 0.15) is 10.6 Å². The minimum atomic E-state index is -0.546. The third-order valence-electron chi connectivity index (χ3n) is 4.53. The van der Waals surface area contributed by atoms with Crippen molar-refractivity contribution in [3.05, 3.63) is 99.4 Å². The number of benzene rings is 3. The summed E-state index contributed by atoms with van der Waals surface area (Å²) in [6.07, 6.45) is 1.43. The fourth-order valence-corrected chi connectivity index (χ4v) is 4.29. The fraction of sp³-hybridized carbons (Fsp3) is 0.0417. The number of aryl methyl sites for hydroxylation is 1. The number of nitrogens with one attached hydrogen (secondary N) is 1. The fourth-order valence-electron chi connectivity index (χ4n) is 2.90. The molecule has 4 rings (SSSR count). The highest BCUT2D eigenvalue weighted by Gasteiger charge is 2.19. The summed E-state index contributed by atoms with van der Waals surface area (Å²) < 4.78 is 6.49. The predicted molar refractivity (Wildman–Crippen MR) is 124 cm³/mol. The Morgan fingerprint density at radius 1 is 1.00 bits per heavy atom. The van der Waals surface area contributed by atoms with Crippen LogP contribution in [0.4, 0.5) is 0 Å². The molecule has 0 radical (unpaired) electrons. The normalized spacial score (nSPS) is 11.0. The Morgan fingerprint density at radius 2 is 1.71 bits per heavy atom. The lowest BCUT2D eigenvalue weighted by atomic mass is 10.1. The second kappa shape index (κ2) is 9.12. The molecule has 0 saturated heterocycles. The average molecular weight is 449 g/mol. The van der Waals surface area contributed by atoms with E-state index in [2.05, 4.69) is 10.5 Å². The number of hydrazone groups is 1. The number of esters is 1. The van der Waals surface area contributed by atoms with Crippen LogP contribution in [0, 0.1) is 6.92 Å². The molecular weight excluding hydrogens is 432 g/mol. The van der Waals surface area contributed by atoms with Crippen LogP contribution in [-0.4, -0.2) is 18.1 Å². The molecule has 0 bridgehead atoms. The van der Waals surface area contributed by atoms with E-state index in [1.807, 2.05) is 43.3 Å². The van der Waals surface area contributed by atoms with Crippen LogP contribution in [0.15, 0.2) is 77.9 Å². The van der Waals surface area contributed by atoms with E-state index >= 15 is 0 Å². The van der Waals surface area contributed by atoms with Crippen molar-refractivity contribution in [2.75, 3.05) is 0 Å². The molecule has 0 saturated carbocycles. The first-order chi connectivity index (χ1) is 15.0. The van der Waals surface area contributed by atoms with E-state index in [1.165, 1.54) is 17.6 Å². The molecule has 1 amide bonds. The smallest absolute Gasteiger partial charge is 0.355 e. The Kier molecular flexibility index (Phi) is 6.11. The summed E-state index contributed by atoms with van der Waals surface area (Å²) in [7, 11) is 0. The van der Waals surface area contributed by atoms with Crippen LogP contribution in [0.2, 0.25) is 5.02 Å². The van der Waals surface area contributed by atoms with Crippen LogP contribution < -0.4 is 10.2 Å². The summed E-state index contributed by atoms with van der Waals surface area (Å²) >= 11 is 7.66. The van der Waals surface area contributed by atoms with Crippen molar-refractivity contribution in [3.63, 3.8) is 0 Å². The highest BCUT2D eigenvalue weighted by atomic mass is 35.5. The van der Waals surface area contributed by atoms with Crippen LogP contribution in [0.25, 0.3) is 10.1 Å². The number of halogens is 1. The number of fused-ring (bicyclic) bond motifs is 1. The van der Waals surface area contributed by atoms with Crippen LogP contribution in [0.1, 0.15) is 31.2 Å². The molecular formula is C24H17ClN2O3S. The zero-order chi connectivity index (χ0) is 21.8. The molecule has 1 heterocycles. The van der Waals surface area contributed by atoms with Crippen LogP contribution in [-0.2, 0) is 0 Å². The van der Waals surface area contributed by atoms with Crippen molar-refractivity contribution in [2.45, 2.75) is 6.92 Å². The third-order valence-corrected chi connectivity index (χ3v) is 6.18. The van der Waals surface area contributed by atoms with E-state index in [-0.39, 0.29) is 5.91 Å². The monoisotopic (exact) mass is 448 g/mol. The van der Waals surface area contributed by atoms with E-state index < -0.39 is 5.97 Å². The Morgan fingerprint density at radius 3 is 2.48 bits per heavy atom. The van der Waals surface area contributed by atoms with Gasteiger partial charge in [-0.1, -0.05) is 59.6 Å². The number of amides is 1. The Hall–Kier alpha value is -3.48. The minimum Gasteiger partial charge on any atom is -0.422 e. The van der Waals surface area contributed by atoms with Gasteiger partial charge in [-0.05, 0) is 37.3 Å². The zero-order valence-electron chi connectivity index (χ0n) is 16.5. The van der Waals surface area contributed by atoms with Crippen LogP contribution >= 0.6 is 22.9 Å². The van der Waals surface area contributed by atoms with Crippen LogP contribution in [0.3, 0.4) is 0 Å². The average Bonchev–Trinajstić information content (AvgIpc) is 3.12. The lowest BCUT2D eigenvalue weighted by Gasteiger charge is -2.06. The predicted octanol–water partition coefficient (Wildman–Crippen LogP) is 5.85. The quantitative estimate of drug-likeness (QED) is 0.180. The summed E-state index contributed by atoms with van der Waals surface area (Å²) in [6, 6.07) is 21.6. The molecule has 0 fully saturated rings. The topological polar surface area (TPSA) is 67.8 Å². The van der Waals surface area contributed by atoms with Gasteiger partial charge in [0.25, 0.3) is 5.91 Å². The molecule has 7 heteroatoms. The van der Waals surface area contributed by atoms with Gasteiger partial charge in [0.05, 0.1) is 11.2 Å². The summed E-state index contributed by atoms with van der Waals surface area (Å²) in [4.78, 5) is 25.3. The molecule has 31 heavy (non-hydrogen) atoms. The molecule has 0 unspecified atom stereocenters. The third kappa shape index (κ3) is 4.66. The summed E-state index contributed by atoms with van der Waals surface area (Å²) in [5, 5.41) is 5.19. The Bertz CT molecular complexity index is 1300. The number of carbonyl (C=O) groups excluding carboxylic acids is 2. The Labute approximate surface area is 187 Å². The molecule has 154 valence electrons. The number of hydrogen-bond acceptors (Lipinski definition) is 5. The highest BCUT2D eigenvalue weighted by Crippen LogP contribution is 2.35. The number of hydrogen-bond donors (Lipinski definition) is 1. The van der Waals surface area contributed by atoms with Gasteiger partial charge in [-0.15, -0.1) is 11.3 Å². The maximum atomic E-state index is 12.7. The number of nitrogens with zero attached hydrogens (tertiary/aromatic N) is 1. The lowest BCUT2D eigenvalue weighted by Crippen LogP contribution is -2.17. The molecule has 4 aromatic rings. The maximum absolute atomic E-state index is 12.7. The first-order valence-electron chi connectivity index (χ1n) is 9.41. The number of carbonyl (C=O) groups is 2. The molecule has 0 atom stereocenters. The van der Waals surface area contributed by atoms with Gasteiger partial charge in [0.15, 0.2) is 0 Å². The molecule has 5 nitrogen and oxygen atoms in total. The molecule has 0 aliphatic carbocycles. The first kappa shape index (κ1) is 20.8. The number of ether oxygens (including phenoxy) is 1. The van der Waals surface area contributed by atoms with Gasteiger partial charge in [-0.2, -0.15) is 5.10 Å². The second-order valence-electron chi connectivity index (χ2n) is 6.73. The molecule has 0 spiro atoms. The van der Waals surface area contributed by atoms with Gasteiger partial charge in [-0.3, -0.25) is 4.79 Å². The number of thiophene rings is 1. The van der Waals surface area contributed by atoms with E-state index in [9.17, 15) is 9.59 Å². The summed E-state index contributed by atoms with van der Waals surface area (Å²) in [5.41, 5.74) is 4.58. The van der Waals surface area contributed by atoms with E-state index in [1.54, 1.807) is 36.4 Å². The SMILES string of the molecule is Cc1ccc(C(=O)N/N=C\c2ccccc2OC(=O)c2sc3ccccc3c2Cl)cc1.